The molecule has 0 aliphatic rings. The van der Waals surface area contributed by atoms with Crippen molar-refractivity contribution in [1.29, 1.82) is 0 Å². The Bertz CT molecular complexity index is 336. The van der Waals surface area contributed by atoms with Crippen molar-refractivity contribution in [3.8, 4) is 0 Å². The quantitative estimate of drug-likeness (QED) is 0.802. The van der Waals surface area contributed by atoms with Gasteiger partial charge < -0.3 is 15.2 Å². The van der Waals surface area contributed by atoms with E-state index >= 15 is 0 Å². The highest BCUT2D eigenvalue weighted by molar-refractivity contribution is 6.30. The van der Waals surface area contributed by atoms with Crippen LogP contribution in [0, 0.1) is 5.82 Å². The molecule has 90 valence electrons. The van der Waals surface area contributed by atoms with E-state index in [1.165, 1.54) is 19.2 Å². The highest BCUT2D eigenvalue weighted by Crippen LogP contribution is 2.15. The van der Waals surface area contributed by atoms with Crippen LogP contribution in [0.1, 0.15) is 5.56 Å². The van der Waals surface area contributed by atoms with Gasteiger partial charge in [-0.25, -0.2) is 4.39 Å². The summed E-state index contributed by atoms with van der Waals surface area (Å²) in [5.41, 5.74) is 0.784. The monoisotopic (exact) mass is 247 g/mol. The van der Waals surface area contributed by atoms with E-state index in [4.69, 9.17) is 16.3 Å². The summed E-state index contributed by atoms with van der Waals surface area (Å²) in [5.74, 6) is -0.432. The lowest BCUT2D eigenvalue weighted by Gasteiger charge is -2.10. The molecule has 3 nitrogen and oxygen atoms in total. The standard InChI is InChI=1S/C11H15ClFNO2/c1-16-7-9(15)6-14-5-8-2-3-10(12)11(13)4-8/h2-4,9,14-15H,5-7H2,1H3. The fraction of sp³-hybridized carbons (Fsp3) is 0.455. The molecule has 0 saturated carbocycles. The first-order chi connectivity index (χ1) is 7.63. The van der Waals surface area contributed by atoms with Gasteiger partial charge in [-0.15, -0.1) is 0 Å². The van der Waals surface area contributed by atoms with Crippen LogP contribution in [0.15, 0.2) is 18.2 Å². The molecule has 1 atom stereocenters. The Morgan fingerprint density at radius 2 is 2.31 bits per heavy atom. The number of hydrogen-bond donors (Lipinski definition) is 2. The van der Waals surface area contributed by atoms with Crippen LogP contribution in [-0.2, 0) is 11.3 Å². The van der Waals surface area contributed by atoms with Gasteiger partial charge in [-0.05, 0) is 17.7 Å². The highest BCUT2D eigenvalue weighted by atomic mass is 35.5. The van der Waals surface area contributed by atoms with Gasteiger partial charge in [0.05, 0.1) is 17.7 Å². The van der Waals surface area contributed by atoms with Gasteiger partial charge in [-0.1, -0.05) is 17.7 Å². The van der Waals surface area contributed by atoms with E-state index in [1.807, 2.05) is 0 Å². The molecule has 2 N–H and O–H groups in total. The first-order valence-electron chi connectivity index (χ1n) is 4.95. The Morgan fingerprint density at radius 1 is 1.56 bits per heavy atom. The van der Waals surface area contributed by atoms with Crippen LogP contribution in [0.4, 0.5) is 4.39 Å². The smallest absolute Gasteiger partial charge is 0.142 e. The van der Waals surface area contributed by atoms with Crippen molar-refractivity contribution in [1.82, 2.24) is 5.32 Å². The zero-order valence-electron chi connectivity index (χ0n) is 9.04. The van der Waals surface area contributed by atoms with Gasteiger partial charge in [0.15, 0.2) is 0 Å². The van der Waals surface area contributed by atoms with E-state index in [1.54, 1.807) is 6.07 Å². The maximum atomic E-state index is 13.1. The molecular formula is C11H15ClFNO2. The number of rotatable bonds is 6. The number of methoxy groups -OCH3 is 1. The lowest BCUT2D eigenvalue weighted by atomic mass is 10.2. The molecular weight excluding hydrogens is 233 g/mol. The molecule has 0 aliphatic heterocycles. The molecule has 0 aliphatic carbocycles. The maximum Gasteiger partial charge on any atom is 0.142 e. The average molecular weight is 248 g/mol. The van der Waals surface area contributed by atoms with E-state index in [2.05, 4.69) is 5.32 Å². The van der Waals surface area contributed by atoms with Gasteiger partial charge in [-0.3, -0.25) is 0 Å². The summed E-state index contributed by atoms with van der Waals surface area (Å²) in [6.45, 7) is 1.16. The van der Waals surface area contributed by atoms with Crippen molar-refractivity contribution < 1.29 is 14.2 Å². The number of aliphatic hydroxyl groups excluding tert-OH is 1. The third-order valence-corrected chi connectivity index (χ3v) is 2.36. The van der Waals surface area contributed by atoms with E-state index in [9.17, 15) is 9.50 Å². The van der Waals surface area contributed by atoms with Gasteiger partial charge >= 0.3 is 0 Å². The molecule has 0 fully saturated rings. The molecule has 0 bridgehead atoms. The molecule has 0 spiro atoms. The number of halogens is 2. The van der Waals surface area contributed by atoms with Crippen molar-refractivity contribution in [2.24, 2.45) is 0 Å². The molecule has 1 aromatic rings. The summed E-state index contributed by atoms with van der Waals surface area (Å²) in [6, 6.07) is 4.62. The van der Waals surface area contributed by atoms with Gasteiger partial charge in [0.25, 0.3) is 0 Å². The van der Waals surface area contributed by atoms with Crippen LogP contribution in [0.3, 0.4) is 0 Å². The topological polar surface area (TPSA) is 41.5 Å². The van der Waals surface area contributed by atoms with Crippen LogP contribution in [-0.4, -0.2) is 31.5 Å². The van der Waals surface area contributed by atoms with Crippen molar-refractivity contribution in [2.75, 3.05) is 20.3 Å². The number of hydrogen-bond acceptors (Lipinski definition) is 3. The van der Waals surface area contributed by atoms with Crippen molar-refractivity contribution in [3.05, 3.63) is 34.6 Å². The fourth-order valence-electron chi connectivity index (χ4n) is 1.28. The summed E-state index contributed by atoms with van der Waals surface area (Å²) >= 11 is 5.55. The average Bonchev–Trinajstić information content (AvgIpc) is 2.24. The van der Waals surface area contributed by atoms with Crippen LogP contribution in [0.25, 0.3) is 0 Å². The van der Waals surface area contributed by atoms with Crippen LogP contribution in [0.2, 0.25) is 5.02 Å². The first-order valence-corrected chi connectivity index (χ1v) is 5.33. The predicted molar refractivity (Wildman–Crippen MR) is 61.0 cm³/mol. The summed E-state index contributed by atoms with van der Waals surface area (Å²) in [6.07, 6.45) is -0.554. The summed E-state index contributed by atoms with van der Waals surface area (Å²) < 4.78 is 17.8. The fourth-order valence-corrected chi connectivity index (χ4v) is 1.40. The number of aliphatic hydroxyl groups is 1. The highest BCUT2D eigenvalue weighted by Gasteiger charge is 2.04. The number of ether oxygens (including phenoxy) is 1. The summed E-state index contributed by atoms with van der Waals surface area (Å²) in [7, 11) is 1.53. The Labute approximate surface area is 99.2 Å². The molecule has 0 radical (unpaired) electrons. The number of nitrogens with one attached hydrogen (secondary N) is 1. The second kappa shape index (κ2) is 6.81. The van der Waals surface area contributed by atoms with E-state index in [0.29, 0.717) is 13.1 Å². The zero-order chi connectivity index (χ0) is 12.0. The van der Waals surface area contributed by atoms with Gasteiger partial charge in [-0.2, -0.15) is 0 Å². The third kappa shape index (κ3) is 4.45. The van der Waals surface area contributed by atoms with Crippen LogP contribution < -0.4 is 5.32 Å². The van der Waals surface area contributed by atoms with Gasteiger partial charge in [0.2, 0.25) is 0 Å². The second-order valence-corrected chi connectivity index (χ2v) is 3.90. The maximum absolute atomic E-state index is 13.1. The molecule has 1 rings (SSSR count). The normalized spacial score (nSPS) is 12.8. The lowest BCUT2D eigenvalue weighted by molar-refractivity contribution is 0.0644. The van der Waals surface area contributed by atoms with Gasteiger partial charge in [0, 0.05) is 20.2 Å². The third-order valence-electron chi connectivity index (χ3n) is 2.05. The molecule has 16 heavy (non-hydrogen) atoms. The van der Waals surface area contributed by atoms with Crippen LogP contribution in [0.5, 0.6) is 0 Å². The SMILES string of the molecule is COCC(O)CNCc1ccc(Cl)c(F)c1. The molecule has 0 aromatic heterocycles. The Balaban J connectivity index is 2.34. The molecule has 0 amide bonds. The zero-order valence-corrected chi connectivity index (χ0v) is 9.80. The molecule has 0 saturated heterocycles. The van der Waals surface area contributed by atoms with E-state index < -0.39 is 11.9 Å². The minimum atomic E-state index is -0.554. The minimum absolute atomic E-state index is 0.114. The molecule has 1 aromatic carbocycles. The van der Waals surface area contributed by atoms with Crippen molar-refractivity contribution in [2.45, 2.75) is 12.6 Å². The molecule has 1 unspecified atom stereocenters. The molecule has 0 heterocycles. The number of benzene rings is 1. The Morgan fingerprint density at radius 3 is 2.94 bits per heavy atom. The lowest BCUT2D eigenvalue weighted by Crippen LogP contribution is -2.29. The Hall–Kier alpha value is -0.680. The van der Waals surface area contributed by atoms with E-state index in [-0.39, 0.29) is 11.6 Å². The van der Waals surface area contributed by atoms with Crippen molar-refractivity contribution >= 4 is 11.6 Å². The van der Waals surface area contributed by atoms with E-state index in [0.717, 1.165) is 5.56 Å². The van der Waals surface area contributed by atoms with Crippen LogP contribution >= 0.6 is 11.6 Å². The van der Waals surface area contributed by atoms with Crippen molar-refractivity contribution in [3.63, 3.8) is 0 Å². The summed E-state index contributed by atoms with van der Waals surface area (Å²) in [4.78, 5) is 0. The summed E-state index contributed by atoms with van der Waals surface area (Å²) in [5, 5.41) is 12.5. The second-order valence-electron chi connectivity index (χ2n) is 3.49. The Kier molecular flexibility index (Phi) is 5.69. The minimum Gasteiger partial charge on any atom is -0.389 e. The predicted octanol–water partition coefficient (Wildman–Crippen LogP) is 1.58. The largest absolute Gasteiger partial charge is 0.389 e. The molecule has 5 heteroatoms. The van der Waals surface area contributed by atoms with Gasteiger partial charge in [0.1, 0.15) is 5.82 Å². The first kappa shape index (κ1) is 13.4.